The third kappa shape index (κ3) is 4.71. The summed E-state index contributed by atoms with van der Waals surface area (Å²) in [5.74, 6) is 1.93. The van der Waals surface area contributed by atoms with Gasteiger partial charge in [0.15, 0.2) is 4.77 Å². The molecule has 0 amide bonds. The van der Waals surface area contributed by atoms with Crippen molar-refractivity contribution in [2.45, 2.75) is 25.0 Å². The minimum absolute atomic E-state index is 0.322. The second-order valence-corrected chi connectivity index (χ2v) is 7.52. The van der Waals surface area contributed by atoms with E-state index >= 15 is 0 Å². The van der Waals surface area contributed by atoms with Crippen LogP contribution in [0.3, 0.4) is 0 Å². The molecule has 0 spiro atoms. The Bertz CT molecular complexity index is 919. The Kier molecular flexibility index (Phi) is 5.93. The number of aryl methyl sites for hydroxylation is 1. The molecule has 3 nitrogen and oxygen atoms in total. The van der Waals surface area contributed by atoms with Gasteiger partial charge in [0.25, 0.3) is 0 Å². The molecule has 25 heavy (non-hydrogen) atoms. The number of thioether (sulfide) groups is 1. The molecule has 1 aromatic heterocycles. The Morgan fingerprint density at radius 3 is 2.68 bits per heavy atom. The quantitative estimate of drug-likeness (QED) is 0.559. The molecule has 0 bridgehead atoms. The van der Waals surface area contributed by atoms with Gasteiger partial charge >= 0.3 is 0 Å². The summed E-state index contributed by atoms with van der Waals surface area (Å²) in [4.78, 5) is 0. The lowest BCUT2D eigenvalue weighted by Gasteiger charge is -2.08. The van der Waals surface area contributed by atoms with Crippen LogP contribution in [0.15, 0.2) is 42.5 Å². The number of nitrogens with zero attached hydrogens (tertiary/aromatic N) is 2. The lowest BCUT2D eigenvalue weighted by Crippen LogP contribution is -2.05. The van der Waals surface area contributed by atoms with Crippen LogP contribution in [0, 0.1) is 17.5 Å². The van der Waals surface area contributed by atoms with Crippen LogP contribution in [-0.4, -0.2) is 14.8 Å². The van der Waals surface area contributed by atoms with Crippen molar-refractivity contribution in [3.63, 3.8) is 0 Å². The largest absolute Gasteiger partial charge is 0.299 e. The van der Waals surface area contributed by atoms with Crippen molar-refractivity contribution in [2.24, 2.45) is 0 Å². The predicted octanol–water partition coefficient (Wildman–Crippen LogP) is 5.52. The van der Waals surface area contributed by atoms with Gasteiger partial charge in [0.05, 0.1) is 12.3 Å². The Hall–Kier alpha value is -1.63. The average Bonchev–Trinajstić information content (AvgIpc) is 2.92. The van der Waals surface area contributed by atoms with Crippen LogP contribution in [0.5, 0.6) is 0 Å². The molecule has 0 atom stereocenters. The number of H-pyrrole nitrogens is 1. The van der Waals surface area contributed by atoms with Crippen molar-refractivity contribution in [1.82, 2.24) is 14.8 Å². The summed E-state index contributed by atoms with van der Waals surface area (Å²) in [7, 11) is 0. The van der Waals surface area contributed by atoms with Gasteiger partial charge in [-0.1, -0.05) is 47.5 Å². The summed E-state index contributed by atoms with van der Waals surface area (Å²) in [5.41, 5.74) is 3.31. The molecule has 1 N–H and O–H groups in total. The summed E-state index contributed by atoms with van der Waals surface area (Å²) in [6, 6.07) is 12.8. The van der Waals surface area contributed by atoms with Crippen molar-refractivity contribution < 1.29 is 4.39 Å². The van der Waals surface area contributed by atoms with Gasteiger partial charge in [-0.3, -0.25) is 9.67 Å². The average molecular weight is 394 g/mol. The van der Waals surface area contributed by atoms with E-state index in [4.69, 9.17) is 23.8 Å². The summed E-state index contributed by atoms with van der Waals surface area (Å²) in [6.45, 7) is 2.75. The number of benzene rings is 2. The zero-order valence-electron chi connectivity index (χ0n) is 13.6. The van der Waals surface area contributed by atoms with Crippen LogP contribution in [-0.2, 0) is 18.1 Å². The summed E-state index contributed by atoms with van der Waals surface area (Å²) in [5, 5.41) is 7.64. The zero-order chi connectivity index (χ0) is 17.8. The van der Waals surface area contributed by atoms with Crippen LogP contribution in [0.25, 0.3) is 0 Å². The molecule has 0 aliphatic heterocycles. The fraction of sp³-hybridized carbons (Fsp3) is 0.222. The Morgan fingerprint density at radius 1 is 1.20 bits per heavy atom. The number of nitrogens with one attached hydrogen (secondary N) is 1. The predicted molar refractivity (Wildman–Crippen MR) is 104 cm³/mol. The van der Waals surface area contributed by atoms with E-state index in [0.717, 1.165) is 11.4 Å². The molecular formula is C18H17ClFN3S2. The lowest BCUT2D eigenvalue weighted by molar-refractivity contribution is 0.627. The third-order valence-corrected chi connectivity index (χ3v) is 5.44. The normalized spacial score (nSPS) is 11.0. The van der Waals surface area contributed by atoms with Gasteiger partial charge < -0.3 is 0 Å². The molecule has 0 aliphatic rings. The smallest absolute Gasteiger partial charge is 0.195 e. The van der Waals surface area contributed by atoms with Gasteiger partial charge in [-0.05, 0) is 42.4 Å². The summed E-state index contributed by atoms with van der Waals surface area (Å²) >= 11 is 13.1. The number of aromatic nitrogens is 3. The third-order valence-electron chi connectivity index (χ3n) is 3.80. The van der Waals surface area contributed by atoms with Crippen molar-refractivity contribution >= 4 is 35.6 Å². The van der Waals surface area contributed by atoms with Crippen LogP contribution in [0.1, 0.15) is 22.5 Å². The maximum atomic E-state index is 13.1. The molecule has 0 unspecified atom stereocenters. The molecule has 0 radical (unpaired) electrons. The van der Waals surface area contributed by atoms with E-state index in [-0.39, 0.29) is 5.82 Å². The van der Waals surface area contributed by atoms with E-state index in [1.54, 1.807) is 17.8 Å². The van der Waals surface area contributed by atoms with E-state index in [1.165, 1.54) is 23.3 Å². The van der Waals surface area contributed by atoms with Crippen LogP contribution in [0.2, 0.25) is 5.02 Å². The lowest BCUT2D eigenvalue weighted by atomic mass is 10.1. The summed E-state index contributed by atoms with van der Waals surface area (Å²) < 4.78 is 15.7. The van der Waals surface area contributed by atoms with E-state index in [1.807, 2.05) is 4.57 Å². The van der Waals surface area contributed by atoms with Gasteiger partial charge in [0.1, 0.15) is 11.6 Å². The first-order valence-electron chi connectivity index (χ1n) is 7.74. The molecular weight excluding hydrogens is 377 g/mol. The topological polar surface area (TPSA) is 33.6 Å². The standard InChI is InChI=1S/C18H17ClFN3S2/c1-12-2-4-13(5-3-12)9-23-17(21-22-18(23)24)11-25-10-14-6-7-15(20)8-16(14)19/h2-8H,9-11H2,1H3,(H,22,24). The second-order valence-electron chi connectivity index (χ2n) is 5.75. The maximum absolute atomic E-state index is 13.1. The van der Waals surface area contributed by atoms with Crippen LogP contribution >= 0.6 is 35.6 Å². The molecule has 0 fully saturated rings. The summed E-state index contributed by atoms with van der Waals surface area (Å²) in [6.07, 6.45) is 0. The molecule has 7 heteroatoms. The number of halogens is 2. The van der Waals surface area contributed by atoms with Crippen LogP contribution < -0.4 is 0 Å². The molecule has 3 aromatic rings. The maximum Gasteiger partial charge on any atom is 0.195 e. The van der Waals surface area contributed by atoms with Gasteiger partial charge in [0, 0.05) is 10.8 Å². The molecule has 0 saturated carbocycles. The zero-order valence-corrected chi connectivity index (χ0v) is 16.0. The van der Waals surface area contributed by atoms with Gasteiger partial charge in [-0.25, -0.2) is 4.39 Å². The number of hydrogen-bond donors (Lipinski definition) is 1. The minimum atomic E-state index is -0.322. The molecule has 0 aliphatic carbocycles. The molecule has 1 heterocycles. The highest BCUT2D eigenvalue weighted by atomic mass is 35.5. The van der Waals surface area contributed by atoms with Crippen molar-refractivity contribution in [3.05, 3.63) is 80.6 Å². The number of aromatic amines is 1. The SMILES string of the molecule is Cc1ccc(Cn2c(CSCc3ccc(F)cc3Cl)n[nH]c2=S)cc1. The van der Waals surface area contributed by atoms with Crippen molar-refractivity contribution in [1.29, 1.82) is 0 Å². The van der Waals surface area contributed by atoms with E-state index in [9.17, 15) is 4.39 Å². The highest BCUT2D eigenvalue weighted by molar-refractivity contribution is 7.97. The molecule has 3 rings (SSSR count). The first-order valence-corrected chi connectivity index (χ1v) is 9.68. The van der Waals surface area contributed by atoms with E-state index in [0.29, 0.717) is 27.8 Å². The molecule has 0 saturated heterocycles. The first-order chi connectivity index (χ1) is 12.0. The fourth-order valence-electron chi connectivity index (χ4n) is 2.39. The molecule has 130 valence electrons. The Morgan fingerprint density at radius 2 is 1.96 bits per heavy atom. The second kappa shape index (κ2) is 8.17. The van der Waals surface area contributed by atoms with Gasteiger partial charge in [-0.2, -0.15) is 5.10 Å². The number of hydrogen-bond acceptors (Lipinski definition) is 3. The fourth-order valence-corrected chi connectivity index (χ4v) is 3.90. The Balaban J connectivity index is 1.67. The highest BCUT2D eigenvalue weighted by Gasteiger charge is 2.09. The Labute approximate surface area is 160 Å². The van der Waals surface area contributed by atoms with Gasteiger partial charge in [-0.15, -0.1) is 11.8 Å². The monoisotopic (exact) mass is 393 g/mol. The van der Waals surface area contributed by atoms with E-state index < -0.39 is 0 Å². The van der Waals surface area contributed by atoms with Crippen LogP contribution in [0.4, 0.5) is 4.39 Å². The van der Waals surface area contributed by atoms with Crippen molar-refractivity contribution in [2.75, 3.05) is 0 Å². The minimum Gasteiger partial charge on any atom is -0.299 e. The van der Waals surface area contributed by atoms with E-state index in [2.05, 4.69) is 41.4 Å². The molecule has 2 aromatic carbocycles. The van der Waals surface area contributed by atoms with Crippen molar-refractivity contribution in [3.8, 4) is 0 Å². The first kappa shape index (κ1) is 18.2. The van der Waals surface area contributed by atoms with Gasteiger partial charge in [0.2, 0.25) is 0 Å². The highest BCUT2D eigenvalue weighted by Crippen LogP contribution is 2.24. The number of rotatable bonds is 6.